The van der Waals surface area contributed by atoms with Crippen molar-refractivity contribution in [1.82, 2.24) is 5.32 Å². The van der Waals surface area contributed by atoms with Crippen LogP contribution in [0.4, 0.5) is 0 Å². The van der Waals surface area contributed by atoms with Crippen LogP contribution in [-0.4, -0.2) is 47.3 Å². The Morgan fingerprint density at radius 2 is 1.35 bits per heavy atom. The topological polar surface area (TPSA) is 133 Å². The monoisotopic (exact) mass is 289 g/mol. The van der Waals surface area contributed by atoms with Gasteiger partial charge in [0.2, 0.25) is 0 Å². The maximum atomic E-state index is 9.07. The third-order valence-electron chi connectivity index (χ3n) is 2.99. The van der Waals surface area contributed by atoms with Crippen LogP contribution < -0.4 is 5.32 Å². The second-order valence-electron chi connectivity index (χ2n) is 4.45. The number of nitrogens with one attached hydrogen (secondary N) is 1. The fourth-order valence-electron chi connectivity index (χ4n) is 2.03. The van der Waals surface area contributed by atoms with E-state index in [0.717, 1.165) is 32.1 Å². The van der Waals surface area contributed by atoms with Crippen LogP contribution in [0.2, 0.25) is 0 Å². The summed E-state index contributed by atoms with van der Waals surface area (Å²) in [5.41, 5.74) is 0. The van der Waals surface area contributed by atoms with Crippen LogP contribution in [0.3, 0.4) is 0 Å². The normalized spacial score (nSPS) is 19.9. The highest BCUT2D eigenvalue weighted by atomic mass is 31.3. The third kappa shape index (κ3) is 5.39. The molecule has 0 aromatic carbocycles. The highest BCUT2D eigenvalue weighted by Crippen LogP contribution is 2.68. The van der Waals surface area contributed by atoms with Crippen LogP contribution in [0.25, 0.3) is 0 Å². The zero-order valence-corrected chi connectivity index (χ0v) is 11.3. The van der Waals surface area contributed by atoms with E-state index in [1.165, 1.54) is 0 Å². The molecule has 7 N–H and O–H groups in total. The van der Waals surface area contributed by atoms with Crippen LogP contribution in [0.15, 0.2) is 0 Å². The van der Waals surface area contributed by atoms with Gasteiger partial charge in [-0.05, 0) is 12.8 Å². The summed E-state index contributed by atoms with van der Waals surface area (Å²) in [6.07, 6.45) is 5.15. The van der Waals surface area contributed by atoms with Crippen molar-refractivity contribution >= 4 is 15.9 Å². The van der Waals surface area contributed by atoms with Gasteiger partial charge in [0.15, 0.2) is 0 Å². The maximum absolute atomic E-state index is 9.07. The van der Waals surface area contributed by atoms with E-state index in [-0.39, 0.29) is 12.6 Å². The Hall–Kier alpha value is 0.580. The van der Waals surface area contributed by atoms with Gasteiger partial charge in [-0.2, -0.15) is 29.4 Å². The van der Waals surface area contributed by atoms with Crippen molar-refractivity contribution in [3.63, 3.8) is 0 Å². The Bertz CT molecular complexity index is 221. The number of rotatable bonds is 5. The van der Waals surface area contributed by atoms with Crippen LogP contribution >= 0.6 is 15.9 Å². The van der Waals surface area contributed by atoms with E-state index < -0.39 is 21.3 Å². The molecule has 1 aliphatic rings. The summed E-state index contributed by atoms with van der Waals surface area (Å²) in [5, 5.41) is 1.22. The first kappa shape index (κ1) is 15.6. The van der Waals surface area contributed by atoms with Crippen LogP contribution in [0.5, 0.6) is 0 Å². The molecule has 0 radical (unpaired) electrons. The van der Waals surface area contributed by atoms with Crippen LogP contribution in [0, 0.1) is 0 Å². The van der Waals surface area contributed by atoms with Crippen molar-refractivity contribution in [2.75, 3.05) is 6.54 Å². The Labute approximate surface area is 101 Å². The first-order valence-corrected chi connectivity index (χ1v) is 9.02. The van der Waals surface area contributed by atoms with E-state index in [1.54, 1.807) is 0 Å². The molecular weight excluding hydrogens is 268 g/mol. The lowest BCUT2D eigenvalue weighted by Gasteiger charge is -2.24. The fraction of sp³-hybridized carbons (Fsp3) is 1.00. The second-order valence-corrected chi connectivity index (χ2v) is 8.57. The minimum atomic E-state index is -4.48. The summed E-state index contributed by atoms with van der Waals surface area (Å²) in [6, 6.07) is 0.157. The van der Waals surface area contributed by atoms with Crippen molar-refractivity contribution < 1.29 is 29.4 Å². The van der Waals surface area contributed by atoms with Gasteiger partial charge in [0.1, 0.15) is 0 Å². The smallest absolute Gasteiger partial charge is 0.306 e. The Kier molecular flexibility index (Phi) is 5.66. The highest BCUT2D eigenvalue weighted by Gasteiger charge is 2.63. The molecule has 9 heteroatoms. The van der Waals surface area contributed by atoms with Crippen molar-refractivity contribution in [3.8, 4) is 0 Å². The lowest BCUT2D eigenvalue weighted by molar-refractivity contribution is 0.283. The summed E-state index contributed by atoms with van der Waals surface area (Å²) in [4.78, 5) is 54.4. The second kappa shape index (κ2) is 6.15. The summed E-state index contributed by atoms with van der Waals surface area (Å²) >= 11 is 0. The van der Waals surface area contributed by atoms with Gasteiger partial charge in [-0.15, -0.1) is 0 Å². The Morgan fingerprint density at radius 3 is 1.76 bits per heavy atom. The summed E-state index contributed by atoms with van der Waals surface area (Å²) in [7, 11) is -8.96. The van der Waals surface area contributed by atoms with Gasteiger partial charge < -0.3 is 5.32 Å². The predicted octanol–water partition coefficient (Wildman–Crippen LogP) is -0.286. The van der Waals surface area contributed by atoms with Crippen molar-refractivity contribution in [2.24, 2.45) is 0 Å². The van der Waals surface area contributed by atoms with Crippen LogP contribution in [-0.2, 0) is 0 Å². The first-order chi connectivity index (χ1) is 7.71. The van der Waals surface area contributed by atoms with Gasteiger partial charge in [-0.3, -0.25) is 0 Å². The van der Waals surface area contributed by atoms with Gasteiger partial charge >= 0.3 is 21.3 Å². The van der Waals surface area contributed by atoms with E-state index in [1.807, 2.05) is 0 Å². The Balaban J connectivity index is 2.49. The molecule has 0 heterocycles. The van der Waals surface area contributed by atoms with Gasteiger partial charge in [-0.25, -0.2) is 0 Å². The molecule has 0 unspecified atom stereocenters. The molecule has 0 amide bonds. The summed E-state index contributed by atoms with van der Waals surface area (Å²) < 4.78 is 0. The SMILES string of the molecule is O[P+](O)(O)C(CNC1CCCCC1)[P+](O)(O)O. The fourth-order valence-corrected chi connectivity index (χ4v) is 4.40. The summed E-state index contributed by atoms with van der Waals surface area (Å²) in [5.74, 6) is 0. The molecule has 0 aliphatic heterocycles. The van der Waals surface area contributed by atoms with Crippen molar-refractivity contribution in [1.29, 1.82) is 0 Å². The minimum Gasteiger partial charge on any atom is -0.306 e. The zero-order valence-electron chi connectivity index (χ0n) is 9.48. The van der Waals surface area contributed by atoms with E-state index in [4.69, 9.17) is 29.4 Å². The minimum absolute atomic E-state index is 0.157. The molecule has 0 aromatic heterocycles. The van der Waals surface area contributed by atoms with E-state index in [2.05, 4.69) is 5.32 Å². The van der Waals surface area contributed by atoms with Crippen molar-refractivity contribution in [2.45, 2.75) is 43.5 Å². The van der Waals surface area contributed by atoms with E-state index in [9.17, 15) is 0 Å². The maximum Gasteiger partial charge on any atom is 0.456 e. The number of hydrogen-bond donors (Lipinski definition) is 7. The quantitative estimate of drug-likeness (QED) is 0.346. The van der Waals surface area contributed by atoms with Gasteiger partial charge in [-0.1, -0.05) is 19.3 Å². The standard InChI is InChI=1S/C8H21NO6P2/c10-16(11,12)8(17(13,14)15)6-9-7-4-2-1-3-5-7/h7-15H,1-6H2/q+2. The van der Waals surface area contributed by atoms with Gasteiger partial charge in [0.05, 0.1) is 6.54 Å². The summed E-state index contributed by atoms with van der Waals surface area (Å²) in [6.45, 7) is -0.223. The molecule has 17 heavy (non-hydrogen) atoms. The lowest BCUT2D eigenvalue weighted by Crippen LogP contribution is -2.38. The molecular formula is C8H21NO6P2+2. The molecule has 0 spiro atoms. The van der Waals surface area contributed by atoms with Gasteiger partial charge in [0.25, 0.3) is 0 Å². The molecule has 1 fully saturated rings. The molecule has 0 atom stereocenters. The third-order valence-corrected chi connectivity index (χ3v) is 6.82. The average molecular weight is 289 g/mol. The van der Waals surface area contributed by atoms with Crippen LogP contribution in [0.1, 0.15) is 32.1 Å². The molecule has 7 nitrogen and oxygen atoms in total. The molecule has 0 saturated heterocycles. The molecule has 0 aromatic rings. The molecule has 1 aliphatic carbocycles. The largest absolute Gasteiger partial charge is 0.456 e. The predicted molar refractivity (Wildman–Crippen MR) is 65.8 cm³/mol. The molecule has 102 valence electrons. The lowest BCUT2D eigenvalue weighted by atomic mass is 9.96. The average Bonchev–Trinajstić information content (AvgIpc) is 2.15. The molecule has 1 saturated carbocycles. The molecule has 1 rings (SSSR count). The molecule has 0 bridgehead atoms. The van der Waals surface area contributed by atoms with Crippen molar-refractivity contribution in [3.05, 3.63) is 0 Å². The first-order valence-electron chi connectivity index (χ1n) is 5.58. The van der Waals surface area contributed by atoms with E-state index >= 15 is 0 Å². The Morgan fingerprint density at radius 1 is 0.882 bits per heavy atom. The zero-order chi connectivity index (χ0) is 13.1. The van der Waals surface area contributed by atoms with E-state index in [0.29, 0.717) is 0 Å². The van der Waals surface area contributed by atoms with Gasteiger partial charge in [0, 0.05) is 6.04 Å². The highest BCUT2D eigenvalue weighted by molar-refractivity contribution is 7.77. The number of hydrogen-bond acceptors (Lipinski definition) is 7.